The predicted octanol–water partition coefficient (Wildman–Crippen LogP) is 2.05. The molecule has 1 aromatic heterocycles. The van der Waals surface area contributed by atoms with Crippen molar-refractivity contribution in [3.8, 4) is 0 Å². The van der Waals surface area contributed by atoms with Gasteiger partial charge in [-0.2, -0.15) is 0 Å². The summed E-state index contributed by atoms with van der Waals surface area (Å²) in [6, 6.07) is 0. The molecule has 13 heavy (non-hydrogen) atoms. The van der Waals surface area contributed by atoms with E-state index >= 15 is 0 Å². The molecule has 70 valence electrons. The summed E-state index contributed by atoms with van der Waals surface area (Å²) in [6.45, 7) is 8.62. The summed E-state index contributed by atoms with van der Waals surface area (Å²) in [4.78, 5) is 12.6. The Kier molecular flexibility index (Phi) is 3.12. The molecule has 2 heterocycles. The maximum Gasteiger partial charge on any atom is 0.125 e. The van der Waals surface area contributed by atoms with Gasteiger partial charge in [0.15, 0.2) is 0 Å². The number of aliphatic imine (C=N–C) groups is 1. The molecular formula is C10H15N3. The Balaban J connectivity index is 0.000000396. The van der Waals surface area contributed by atoms with Crippen LogP contribution < -0.4 is 0 Å². The average Bonchev–Trinajstić information content (AvgIpc) is 2.55. The Bertz CT molecular complexity index is 329. The number of hydrogen-bond acceptors (Lipinski definition) is 3. The maximum absolute atomic E-state index is 4.28. The molecule has 2 rings (SSSR count). The summed E-state index contributed by atoms with van der Waals surface area (Å²) in [5.74, 6) is 0.840. The molecule has 0 aromatic carbocycles. The van der Waals surface area contributed by atoms with Gasteiger partial charge < -0.3 is 0 Å². The highest BCUT2D eigenvalue weighted by atomic mass is 14.9. The molecule has 0 fully saturated rings. The molecule has 1 aromatic rings. The monoisotopic (exact) mass is 177 g/mol. The van der Waals surface area contributed by atoms with Crippen LogP contribution in [-0.4, -0.2) is 16.2 Å². The molecule has 0 aliphatic carbocycles. The lowest BCUT2D eigenvalue weighted by atomic mass is 10.2. The summed E-state index contributed by atoms with van der Waals surface area (Å²) in [7, 11) is 0. The van der Waals surface area contributed by atoms with Crippen LogP contribution in [0.5, 0.6) is 0 Å². The minimum atomic E-state index is 0.722. The fourth-order valence-electron chi connectivity index (χ4n) is 1.30. The van der Waals surface area contributed by atoms with Gasteiger partial charge in [0.1, 0.15) is 5.82 Å². The van der Waals surface area contributed by atoms with E-state index in [9.17, 15) is 0 Å². The van der Waals surface area contributed by atoms with E-state index in [2.05, 4.69) is 15.0 Å². The summed E-state index contributed by atoms with van der Waals surface area (Å²) in [5, 5.41) is 0. The van der Waals surface area contributed by atoms with Gasteiger partial charge in [-0.15, -0.1) is 0 Å². The van der Waals surface area contributed by atoms with E-state index in [4.69, 9.17) is 0 Å². The minimum absolute atomic E-state index is 0.722. The first-order chi connectivity index (χ1) is 6.27. The van der Waals surface area contributed by atoms with Crippen LogP contribution in [0, 0.1) is 13.8 Å². The Morgan fingerprint density at radius 2 is 1.85 bits per heavy atom. The highest BCUT2D eigenvalue weighted by Crippen LogP contribution is 2.14. The van der Waals surface area contributed by atoms with Gasteiger partial charge in [0.05, 0.1) is 17.9 Å². The van der Waals surface area contributed by atoms with Crippen LogP contribution in [0.1, 0.15) is 36.6 Å². The molecule has 0 atom stereocenters. The van der Waals surface area contributed by atoms with Crippen LogP contribution in [0.25, 0.3) is 0 Å². The maximum atomic E-state index is 4.28. The van der Waals surface area contributed by atoms with E-state index in [1.807, 2.05) is 33.9 Å². The number of fused-ring (bicyclic) bond motifs is 1. The van der Waals surface area contributed by atoms with Crippen molar-refractivity contribution in [2.45, 2.75) is 34.2 Å². The smallest absolute Gasteiger partial charge is 0.125 e. The second kappa shape index (κ2) is 4.12. The summed E-state index contributed by atoms with van der Waals surface area (Å²) in [6.07, 6.45) is 1.85. The van der Waals surface area contributed by atoms with Crippen LogP contribution >= 0.6 is 0 Å². The van der Waals surface area contributed by atoms with Crippen molar-refractivity contribution in [2.75, 3.05) is 0 Å². The number of nitrogens with zero attached hydrogens (tertiary/aromatic N) is 3. The number of hydrogen-bond donors (Lipinski definition) is 0. The molecular weight excluding hydrogens is 162 g/mol. The van der Waals surface area contributed by atoms with Gasteiger partial charge in [0, 0.05) is 11.8 Å². The van der Waals surface area contributed by atoms with E-state index in [1.54, 1.807) is 0 Å². The van der Waals surface area contributed by atoms with Crippen LogP contribution in [0.3, 0.4) is 0 Å². The molecule has 3 nitrogen and oxygen atoms in total. The van der Waals surface area contributed by atoms with Gasteiger partial charge in [-0.25, -0.2) is 9.97 Å². The molecule has 0 saturated carbocycles. The Morgan fingerprint density at radius 3 is 2.54 bits per heavy atom. The molecule has 0 N–H and O–H groups in total. The zero-order valence-electron chi connectivity index (χ0n) is 8.63. The molecule has 0 bridgehead atoms. The van der Waals surface area contributed by atoms with Crippen LogP contribution in [-0.2, 0) is 6.54 Å². The third-order valence-corrected chi connectivity index (χ3v) is 1.79. The second-order valence-electron chi connectivity index (χ2n) is 2.69. The first-order valence-corrected chi connectivity index (χ1v) is 4.61. The van der Waals surface area contributed by atoms with Crippen molar-refractivity contribution in [1.82, 2.24) is 9.97 Å². The molecule has 0 saturated heterocycles. The van der Waals surface area contributed by atoms with Crippen molar-refractivity contribution >= 4 is 6.21 Å². The molecule has 1 aliphatic heterocycles. The lowest BCUT2D eigenvalue weighted by molar-refractivity contribution is 0.927. The third kappa shape index (κ3) is 1.91. The van der Waals surface area contributed by atoms with Gasteiger partial charge in [0.25, 0.3) is 0 Å². The van der Waals surface area contributed by atoms with E-state index in [0.717, 1.165) is 29.3 Å². The van der Waals surface area contributed by atoms with Crippen LogP contribution in [0.4, 0.5) is 0 Å². The van der Waals surface area contributed by atoms with Gasteiger partial charge in [-0.3, -0.25) is 4.99 Å². The summed E-state index contributed by atoms with van der Waals surface area (Å²) >= 11 is 0. The summed E-state index contributed by atoms with van der Waals surface area (Å²) in [5.41, 5.74) is 3.21. The zero-order valence-corrected chi connectivity index (χ0v) is 8.63. The molecule has 0 amide bonds. The van der Waals surface area contributed by atoms with Crippen molar-refractivity contribution < 1.29 is 0 Å². The van der Waals surface area contributed by atoms with Crippen molar-refractivity contribution in [3.05, 3.63) is 22.8 Å². The first-order valence-electron chi connectivity index (χ1n) is 4.61. The molecule has 3 heteroatoms. The highest BCUT2D eigenvalue weighted by molar-refractivity contribution is 5.84. The topological polar surface area (TPSA) is 38.1 Å². The Labute approximate surface area is 79.0 Å². The fraction of sp³-hybridized carbons (Fsp3) is 0.500. The van der Waals surface area contributed by atoms with E-state index in [1.165, 1.54) is 0 Å². The number of aryl methyl sites for hydroxylation is 2. The highest BCUT2D eigenvalue weighted by Gasteiger charge is 2.11. The van der Waals surface area contributed by atoms with Crippen molar-refractivity contribution in [1.29, 1.82) is 0 Å². The Morgan fingerprint density at radius 1 is 1.15 bits per heavy atom. The van der Waals surface area contributed by atoms with Crippen molar-refractivity contribution in [2.24, 2.45) is 4.99 Å². The summed E-state index contributed by atoms with van der Waals surface area (Å²) < 4.78 is 0. The Hall–Kier alpha value is -1.25. The third-order valence-electron chi connectivity index (χ3n) is 1.79. The average molecular weight is 177 g/mol. The molecule has 0 spiro atoms. The fourth-order valence-corrected chi connectivity index (χ4v) is 1.30. The van der Waals surface area contributed by atoms with Gasteiger partial charge >= 0.3 is 0 Å². The lowest BCUT2D eigenvalue weighted by Crippen LogP contribution is -1.99. The predicted molar refractivity (Wildman–Crippen MR) is 54.2 cm³/mol. The van der Waals surface area contributed by atoms with Gasteiger partial charge in [0.2, 0.25) is 0 Å². The van der Waals surface area contributed by atoms with Gasteiger partial charge in [-0.1, -0.05) is 13.8 Å². The SMILES string of the molecule is CC.Cc1nc(C)c2c(n1)CN=C2. The molecule has 1 aliphatic rings. The molecule has 0 radical (unpaired) electrons. The normalized spacial score (nSPS) is 12.0. The number of aromatic nitrogens is 2. The zero-order chi connectivity index (χ0) is 9.84. The van der Waals surface area contributed by atoms with Gasteiger partial charge in [-0.05, 0) is 13.8 Å². The van der Waals surface area contributed by atoms with Crippen molar-refractivity contribution in [3.63, 3.8) is 0 Å². The molecule has 0 unspecified atom stereocenters. The minimum Gasteiger partial charge on any atom is -0.286 e. The van der Waals surface area contributed by atoms with E-state index < -0.39 is 0 Å². The van der Waals surface area contributed by atoms with Crippen LogP contribution in [0.15, 0.2) is 4.99 Å². The lowest BCUT2D eigenvalue weighted by Gasteiger charge is -2.00. The second-order valence-corrected chi connectivity index (χ2v) is 2.69. The largest absolute Gasteiger partial charge is 0.286 e. The van der Waals surface area contributed by atoms with E-state index in [0.29, 0.717) is 0 Å². The first kappa shape index (κ1) is 9.84. The standard InChI is InChI=1S/C8H9N3.C2H6/c1-5-7-3-9-4-8(7)11-6(2)10-5;1-2/h3H,4H2,1-2H3;1-2H3. The quantitative estimate of drug-likeness (QED) is 0.608. The van der Waals surface area contributed by atoms with E-state index in [-0.39, 0.29) is 0 Å². The number of rotatable bonds is 0. The van der Waals surface area contributed by atoms with Crippen LogP contribution in [0.2, 0.25) is 0 Å².